The van der Waals surface area contributed by atoms with Crippen molar-refractivity contribution in [3.8, 4) is 0 Å². The van der Waals surface area contributed by atoms with E-state index in [0.29, 0.717) is 0 Å². The van der Waals surface area contributed by atoms with Gasteiger partial charge in [0.15, 0.2) is 0 Å². The molecule has 160 valence electrons. The van der Waals surface area contributed by atoms with Gasteiger partial charge in [-0.1, -0.05) is 30.4 Å². The molecule has 29 heavy (non-hydrogen) atoms. The van der Waals surface area contributed by atoms with Gasteiger partial charge in [0.25, 0.3) is 0 Å². The maximum absolute atomic E-state index is 12.6. The molecule has 0 bridgehead atoms. The van der Waals surface area contributed by atoms with Crippen molar-refractivity contribution in [1.29, 1.82) is 0 Å². The van der Waals surface area contributed by atoms with E-state index in [9.17, 15) is 19.2 Å². The lowest BCUT2D eigenvalue weighted by Gasteiger charge is -2.40. The van der Waals surface area contributed by atoms with Crippen molar-refractivity contribution in [2.24, 2.45) is 23.7 Å². The van der Waals surface area contributed by atoms with Crippen molar-refractivity contribution in [2.75, 3.05) is 13.2 Å². The van der Waals surface area contributed by atoms with Crippen LogP contribution in [-0.4, -0.2) is 37.1 Å². The van der Waals surface area contributed by atoms with E-state index in [1.807, 2.05) is 0 Å². The largest absolute Gasteiger partial charge is 0.466 e. The summed E-state index contributed by atoms with van der Waals surface area (Å²) in [5, 5.41) is 0. The topological polar surface area (TPSA) is 96.0 Å². The minimum atomic E-state index is -0.579. The monoisotopic (exact) mass is 406 g/mol. The van der Waals surface area contributed by atoms with Crippen LogP contribution in [0.5, 0.6) is 0 Å². The average molecular weight is 406 g/mol. The second-order valence-electron chi connectivity index (χ2n) is 8.09. The van der Waals surface area contributed by atoms with E-state index in [1.54, 1.807) is 13.8 Å². The van der Waals surface area contributed by atoms with E-state index in [2.05, 4.69) is 0 Å². The van der Waals surface area contributed by atoms with Gasteiger partial charge >= 0.3 is 23.9 Å². The molecule has 0 spiro atoms. The molecule has 7 nitrogen and oxygen atoms in total. The third-order valence-corrected chi connectivity index (χ3v) is 6.38. The number of carbonyl (C=O) groups excluding carboxylic acids is 4. The Hall–Kier alpha value is -2.18. The fraction of sp³-hybridized carbons (Fsp3) is 0.727. The first-order chi connectivity index (χ1) is 14.0. The third-order valence-electron chi connectivity index (χ3n) is 6.38. The third kappa shape index (κ3) is 4.70. The summed E-state index contributed by atoms with van der Waals surface area (Å²) in [4.78, 5) is 49.6. The van der Waals surface area contributed by atoms with Crippen LogP contribution in [0.25, 0.3) is 0 Å². The van der Waals surface area contributed by atoms with Crippen LogP contribution >= 0.6 is 0 Å². The Morgan fingerprint density at radius 1 is 0.897 bits per heavy atom. The molecule has 0 aromatic heterocycles. The molecule has 3 aliphatic rings. The fourth-order valence-electron chi connectivity index (χ4n) is 5.26. The zero-order valence-corrected chi connectivity index (χ0v) is 17.2. The zero-order chi connectivity index (χ0) is 21.0. The second-order valence-corrected chi connectivity index (χ2v) is 8.09. The number of cyclic esters (lactones) is 2. The van der Waals surface area contributed by atoms with Gasteiger partial charge in [0.1, 0.15) is 0 Å². The highest BCUT2D eigenvalue weighted by molar-refractivity contribution is 5.97. The molecule has 0 aromatic carbocycles. The van der Waals surface area contributed by atoms with Crippen molar-refractivity contribution in [2.45, 2.75) is 65.2 Å². The standard InChI is InChI=1S/C22H30O7/c1-3-27-17(23)11-14-10-16-20(22(26)29-21(16)25)19(13-8-6-5-7-9-13)15(14)12-18(24)28-4-2/h13,16,19-20H,3-12H2,1-2H3/t16-,19+,20-/m1/s1. The lowest BCUT2D eigenvalue weighted by atomic mass is 9.61. The summed E-state index contributed by atoms with van der Waals surface area (Å²) in [6, 6.07) is 0. The summed E-state index contributed by atoms with van der Waals surface area (Å²) in [5.74, 6) is -2.99. The Morgan fingerprint density at radius 3 is 2.14 bits per heavy atom. The SMILES string of the molecule is CCOC(=O)CC1=C(CC(=O)OCC)[C@H](C2CCCCC2)[C@@H]2C(=O)OC(=O)[C@@H]2C1. The fourth-order valence-corrected chi connectivity index (χ4v) is 5.26. The van der Waals surface area contributed by atoms with Crippen LogP contribution in [0.3, 0.4) is 0 Å². The number of carbonyl (C=O) groups is 4. The predicted molar refractivity (Wildman–Crippen MR) is 102 cm³/mol. The Bertz CT molecular complexity index is 702. The molecule has 1 saturated carbocycles. The maximum Gasteiger partial charge on any atom is 0.318 e. The van der Waals surface area contributed by atoms with Crippen molar-refractivity contribution in [1.82, 2.24) is 0 Å². The van der Waals surface area contributed by atoms with E-state index in [1.165, 1.54) is 0 Å². The number of esters is 4. The summed E-state index contributed by atoms with van der Waals surface area (Å²) in [5.41, 5.74) is 1.52. The van der Waals surface area contributed by atoms with Crippen LogP contribution in [0.4, 0.5) is 0 Å². The number of hydrogen-bond acceptors (Lipinski definition) is 7. The highest BCUT2D eigenvalue weighted by Crippen LogP contribution is 2.51. The van der Waals surface area contributed by atoms with Gasteiger partial charge in [0.05, 0.1) is 37.9 Å². The molecule has 0 unspecified atom stereocenters. The van der Waals surface area contributed by atoms with Crippen LogP contribution in [0.15, 0.2) is 11.1 Å². The first-order valence-corrected chi connectivity index (χ1v) is 10.7. The van der Waals surface area contributed by atoms with Gasteiger partial charge in [-0.05, 0) is 44.9 Å². The quantitative estimate of drug-likeness (QED) is 0.277. The van der Waals surface area contributed by atoms with Crippen molar-refractivity contribution in [3.05, 3.63) is 11.1 Å². The molecule has 3 atom stereocenters. The van der Waals surface area contributed by atoms with E-state index in [-0.39, 0.29) is 56.3 Å². The molecule has 3 rings (SSSR count). The minimum absolute atomic E-state index is 0.0243. The number of fused-ring (bicyclic) bond motifs is 1. The van der Waals surface area contributed by atoms with Gasteiger partial charge in [-0.3, -0.25) is 19.2 Å². The van der Waals surface area contributed by atoms with Gasteiger partial charge in [0.2, 0.25) is 0 Å². The Labute approximate surface area is 171 Å². The van der Waals surface area contributed by atoms with E-state index < -0.39 is 23.8 Å². The lowest BCUT2D eigenvalue weighted by Crippen LogP contribution is -2.39. The van der Waals surface area contributed by atoms with Crippen LogP contribution in [0.1, 0.15) is 65.2 Å². The molecule has 0 radical (unpaired) electrons. The Balaban J connectivity index is 2.02. The second kappa shape index (κ2) is 9.55. The smallest absolute Gasteiger partial charge is 0.318 e. The number of rotatable bonds is 7. The molecule has 1 aliphatic heterocycles. The first kappa shape index (κ1) is 21.5. The predicted octanol–water partition coefficient (Wildman–Crippen LogP) is 3.11. The molecule has 2 aliphatic carbocycles. The van der Waals surface area contributed by atoms with Crippen LogP contribution in [0.2, 0.25) is 0 Å². The Kier molecular flexibility index (Phi) is 7.09. The summed E-state index contributed by atoms with van der Waals surface area (Å²) >= 11 is 0. The van der Waals surface area contributed by atoms with Crippen LogP contribution < -0.4 is 0 Å². The molecule has 1 heterocycles. The summed E-state index contributed by atoms with van der Waals surface area (Å²) < 4.78 is 15.3. The lowest BCUT2D eigenvalue weighted by molar-refractivity contribution is -0.154. The molecule has 7 heteroatoms. The van der Waals surface area contributed by atoms with E-state index in [0.717, 1.165) is 43.3 Å². The van der Waals surface area contributed by atoms with Crippen LogP contribution in [-0.2, 0) is 33.4 Å². The highest BCUT2D eigenvalue weighted by Gasteiger charge is 2.54. The van der Waals surface area contributed by atoms with Crippen molar-refractivity contribution in [3.63, 3.8) is 0 Å². The molecule has 0 N–H and O–H groups in total. The number of hydrogen-bond donors (Lipinski definition) is 0. The normalized spacial score (nSPS) is 27.4. The summed E-state index contributed by atoms with van der Waals surface area (Å²) in [6.45, 7) is 4.01. The van der Waals surface area contributed by atoms with Gasteiger partial charge < -0.3 is 14.2 Å². The number of ether oxygens (including phenoxy) is 3. The summed E-state index contributed by atoms with van der Waals surface area (Å²) in [7, 11) is 0. The Morgan fingerprint density at radius 2 is 1.52 bits per heavy atom. The molecular formula is C22H30O7. The van der Waals surface area contributed by atoms with Crippen molar-refractivity contribution < 1.29 is 33.4 Å². The highest BCUT2D eigenvalue weighted by atomic mass is 16.6. The molecular weight excluding hydrogens is 376 g/mol. The van der Waals surface area contributed by atoms with Gasteiger partial charge in [-0.2, -0.15) is 0 Å². The molecule has 1 saturated heterocycles. The van der Waals surface area contributed by atoms with Gasteiger partial charge in [-0.15, -0.1) is 0 Å². The van der Waals surface area contributed by atoms with Crippen molar-refractivity contribution >= 4 is 23.9 Å². The summed E-state index contributed by atoms with van der Waals surface area (Å²) in [6.07, 6.45) is 5.45. The molecule has 2 fully saturated rings. The van der Waals surface area contributed by atoms with Gasteiger partial charge in [-0.25, -0.2) is 0 Å². The molecule has 0 amide bonds. The molecule has 0 aromatic rings. The maximum atomic E-state index is 12.6. The van der Waals surface area contributed by atoms with E-state index in [4.69, 9.17) is 14.2 Å². The zero-order valence-electron chi connectivity index (χ0n) is 17.2. The van der Waals surface area contributed by atoms with Gasteiger partial charge in [0, 0.05) is 0 Å². The first-order valence-electron chi connectivity index (χ1n) is 10.7. The van der Waals surface area contributed by atoms with E-state index >= 15 is 0 Å². The minimum Gasteiger partial charge on any atom is -0.466 e. The van der Waals surface area contributed by atoms with Crippen LogP contribution in [0, 0.1) is 23.7 Å². The average Bonchev–Trinajstić information content (AvgIpc) is 2.96.